The van der Waals surface area contributed by atoms with E-state index in [1.54, 1.807) is 21.6 Å². The van der Waals surface area contributed by atoms with Crippen LogP contribution in [0.5, 0.6) is 0 Å². The maximum absolute atomic E-state index is 13.1. The Labute approximate surface area is 175 Å². The van der Waals surface area contributed by atoms with Gasteiger partial charge in [0.15, 0.2) is 6.61 Å². The van der Waals surface area contributed by atoms with Gasteiger partial charge in [-0.1, -0.05) is 37.5 Å². The zero-order valence-electron chi connectivity index (χ0n) is 16.8. The van der Waals surface area contributed by atoms with Gasteiger partial charge in [-0.3, -0.25) is 9.59 Å². The van der Waals surface area contributed by atoms with Crippen LogP contribution in [0.25, 0.3) is 0 Å². The second kappa shape index (κ2) is 8.38. The van der Waals surface area contributed by atoms with Gasteiger partial charge in [0, 0.05) is 23.9 Å². The van der Waals surface area contributed by atoms with E-state index in [9.17, 15) is 14.4 Å². The molecule has 0 bridgehead atoms. The number of anilines is 1. The topological polar surface area (TPSA) is 66.9 Å². The first kappa shape index (κ1) is 20.3. The quantitative estimate of drug-likeness (QED) is 0.689. The lowest BCUT2D eigenvalue weighted by atomic mass is 9.93. The van der Waals surface area contributed by atoms with E-state index in [-0.39, 0.29) is 29.3 Å². The highest BCUT2D eigenvalue weighted by atomic mass is 32.2. The minimum Gasteiger partial charge on any atom is -0.454 e. The summed E-state index contributed by atoms with van der Waals surface area (Å²) in [6.07, 6.45) is 6.57. The van der Waals surface area contributed by atoms with Crippen LogP contribution in [0.2, 0.25) is 0 Å². The minimum absolute atomic E-state index is 0.00102. The Bertz CT molecular complexity index is 780. The monoisotopic (exact) mass is 416 g/mol. The Morgan fingerprint density at radius 1 is 1.21 bits per heavy atom. The van der Waals surface area contributed by atoms with Gasteiger partial charge in [0.25, 0.3) is 5.91 Å². The van der Waals surface area contributed by atoms with Crippen molar-refractivity contribution in [3.05, 3.63) is 30.3 Å². The van der Waals surface area contributed by atoms with Crippen LogP contribution in [0.15, 0.2) is 30.3 Å². The molecule has 7 heteroatoms. The van der Waals surface area contributed by atoms with E-state index in [1.807, 2.05) is 37.3 Å². The van der Waals surface area contributed by atoms with E-state index >= 15 is 0 Å². The number of nitrogens with zero attached hydrogens (tertiary/aromatic N) is 2. The normalized spacial score (nSPS) is 27.0. The van der Waals surface area contributed by atoms with Gasteiger partial charge in [-0.05, 0) is 38.3 Å². The maximum atomic E-state index is 13.1. The SMILES string of the molecule is C[C@]12CCC(=O)N1[C@@H](C(=O)OCC(=O)N(c1ccccc1)C1CCCCC1)CS2. The molecule has 0 spiro atoms. The molecule has 29 heavy (non-hydrogen) atoms. The van der Waals surface area contributed by atoms with Crippen LogP contribution >= 0.6 is 11.8 Å². The fourth-order valence-corrected chi connectivity index (χ4v) is 6.20. The van der Waals surface area contributed by atoms with E-state index in [4.69, 9.17) is 4.74 Å². The molecule has 4 rings (SSSR count). The fourth-order valence-electron chi connectivity index (χ4n) is 4.78. The standard InChI is InChI=1S/C22H28N2O4S/c1-22-13-12-19(25)24(22)18(15-29-22)21(27)28-14-20(26)23(16-8-4-2-5-9-16)17-10-6-3-7-11-17/h2,4-5,8-9,17-18H,3,6-7,10-15H2,1H3/t18-,22+/m1/s1. The molecule has 2 aliphatic heterocycles. The van der Waals surface area contributed by atoms with Crippen LogP contribution in [0.3, 0.4) is 0 Å². The maximum Gasteiger partial charge on any atom is 0.330 e. The first-order chi connectivity index (χ1) is 14.0. The number of ether oxygens (including phenoxy) is 1. The van der Waals surface area contributed by atoms with E-state index in [0.717, 1.165) is 37.8 Å². The lowest BCUT2D eigenvalue weighted by molar-refractivity contribution is -0.155. The van der Waals surface area contributed by atoms with Crippen molar-refractivity contribution in [2.45, 2.75) is 68.8 Å². The second-order valence-corrected chi connectivity index (χ2v) is 9.77. The van der Waals surface area contributed by atoms with Gasteiger partial charge in [-0.15, -0.1) is 11.8 Å². The number of para-hydroxylation sites is 1. The van der Waals surface area contributed by atoms with E-state index in [1.165, 1.54) is 6.42 Å². The third-order valence-electron chi connectivity index (χ3n) is 6.30. The number of thioether (sulfide) groups is 1. The van der Waals surface area contributed by atoms with Crippen LogP contribution in [-0.2, 0) is 19.1 Å². The van der Waals surface area contributed by atoms with Crippen LogP contribution in [-0.4, -0.2) is 52.0 Å². The summed E-state index contributed by atoms with van der Waals surface area (Å²) in [5, 5.41) is 0. The molecular formula is C22H28N2O4S. The molecule has 2 heterocycles. The molecule has 0 N–H and O–H groups in total. The van der Waals surface area contributed by atoms with Crippen molar-refractivity contribution in [1.82, 2.24) is 4.90 Å². The number of amides is 2. The molecule has 156 valence electrons. The molecular weight excluding hydrogens is 388 g/mol. The summed E-state index contributed by atoms with van der Waals surface area (Å²) in [6.45, 7) is 1.71. The highest BCUT2D eigenvalue weighted by molar-refractivity contribution is 8.01. The van der Waals surface area contributed by atoms with E-state index in [2.05, 4.69) is 0 Å². The Morgan fingerprint density at radius 3 is 2.66 bits per heavy atom. The third-order valence-corrected chi connectivity index (χ3v) is 7.80. The minimum atomic E-state index is -0.590. The van der Waals surface area contributed by atoms with Crippen molar-refractivity contribution in [1.29, 1.82) is 0 Å². The molecule has 1 saturated carbocycles. The number of hydrogen-bond donors (Lipinski definition) is 0. The highest BCUT2D eigenvalue weighted by Gasteiger charge is 2.53. The lowest BCUT2D eigenvalue weighted by Gasteiger charge is -2.34. The van der Waals surface area contributed by atoms with Crippen LogP contribution in [0.1, 0.15) is 51.9 Å². The fraction of sp³-hybridized carbons (Fsp3) is 0.591. The van der Waals surface area contributed by atoms with Crippen molar-refractivity contribution in [2.75, 3.05) is 17.3 Å². The highest BCUT2D eigenvalue weighted by Crippen LogP contribution is 2.47. The molecule has 2 atom stereocenters. The number of carbonyl (C=O) groups is 3. The van der Waals surface area contributed by atoms with Gasteiger partial charge in [0.1, 0.15) is 6.04 Å². The lowest BCUT2D eigenvalue weighted by Crippen LogP contribution is -2.48. The van der Waals surface area contributed by atoms with Gasteiger partial charge in [-0.25, -0.2) is 4.79 Å². The molecule has 3 aliphatic rings. The van der Waals surface area contributed by atoms with Crippen LogP contribution < -0.4 is 4.90 Å². The Kier molecular flexibility index (Phi) is 5.86. The molecule has 1 aromatic carbocycles. The number of carbonyl (C=O) groups excluding carboxylic acids is 3. The summed E-state index contributed by atoms with van der Waals surface area (Å²) in [7, 11) is 0. The first-order valence-corrected chi connectivity index (χ1v) is 11.5. The average molecular weight is 417 g/mol. The van der Waals surface area contributed by atoms with E-state index in [0.29, 0.717) is 12.2 Å². The van der Waals surface area contributed by atoms with Crippen molar-refractivity contribution >= 4 is 35.2 Å². The van der Waals surface area contributed by atoms with Gasteiger partial charge in [0.05, 0.1) is 4.87 Å². The van der Waals surface area contributed by atoms with Crippen molar-refractivity contribution < 1.29 is 19.1 Å². The predicted molar refractivity (Wildman–Crippen MR) is 112 cm³/mol. The molecule has 1 aromatic rings. The van der Waals surface area contributed by atoms with Crippen LogP contribution in [0.4, 0.5) is 5.69 Å². The van der Waals surface area contributed by atoms with Gasteiger partial charge in [-0.2, -0.15) is 0 Å². The Hall–Kier alpha value is -2.02. The summed E-state index contributed by atoms with van der Waals surface area (Å²) < 4.78 is 5.45. The molecule has 6 nitrogen and oxygen atoms in total. The largest absolute Gasteiger partial charge is 0.454 e. The number of hydrogen-bond acceptors (Lipinski definition) is 5. The Balaban J connectivity index is 1.43. The zero-order valence-corrected chi connectivity index (χ0v) is 17.7. The van der Waals surface area contributed by atoms with Gasteiger partial charge < -0.3 is 14.5 Å². The smallest absolute Gasteiger partial charge is 0.330 e. The van der Waals surface area contributed by atoms with Gasteiger partial charge >= 0.3 is 5.97 Å². The molecule has 3 fully saturated rings. The number of fused-ring (bicyclic) bond motifs is 1. The molecule has 2 amide bonds. The number of benzene rings is 1. The van der Waals surface area contributed by atoms with E-state index < -0.39 is 12.0 Å². The van der Waals surface area contributed by atoms with Crippen molar-refractivity contribution in [3.63, 3.8) is 0 Å². The Morgan fingerprint density at radius 2 is 1.93 bits per heavy atom. The summed E-state index contributed by atoms with van der Waals surface area (Å²) in [5.41, 5.74) is 0.846. The predicted octanol–water partition coefficient (Wildman–Crippen LogP) is 3.35. The first-order valence-electron chi connectivity index (χ1n) is 10.5. The van der Waals surface area contributed by atoms with Crippen molar-refractivity contribution in [3.8, 4) is 0 Å². The third kappa shape index (κ3) is 4.02. The summed E-state index contributed by atoms with van der Waals surface area (Å²) in [5.74, 6) is -0.140. The summed E-state index contributed by atoms with van der Waals surface area (Å²) in [4.78, 5) is 41.2. The molecule has 0 unspecified atom stereocenters. The van der Waals surface area contributed by atoms with Crippen molar-refractivity contribution in [2.24, 2.45) is 0 Å². The summed E-state index contributed by atoms with van der Waals surface area (Å²) >= 11 is 1.62. The average Bonchev–Trinajstić information content (AvgIpc) is 3.24. The summed E-state index contributed by atoms with van der Waals surface area (Å²) in [6, 6.07) is 9.16. The number of rotatable bonds is 5. The molecule has 1 aliphatic carbocycles. The molecule has 0 aromatic heterocycles. The second-order valence-electron chi connectivity index (χ2n) is 8.26. The molecule has 2 saturated heterocycles. The molecule has 0 radical (unpaired) electrons. The van der Waals surface area contributed by atoms with Crippen LogP contribution in [0, 0.1) is 0 Å². The number of esters is 1. The van der Waals surface area contributed by atoms with Gasteiger partial charge in [0.2, 0.25) is 5.91 Å². The zero-order chi connectivity index (χ0) is 20.4.